The van der Waals surface area contributed by atoms with Gasteiger partial charge in [0, 0.05) is 17.8 Å². The van der Waals surface area contributed by atoms with Gasteiger partial charge in [0.05, 0.1) is 48.2 Å². The zero-order valence-corrected chi connectivity index (χ0v) is 26.4. The number of amides is 2. The van der Waals surface area contributed by atoms with Crippen LogP contribution in [-0.2, 0) is 24.2 Å². The molecule has 15 heteroatoms. The van der Waals surface area contributed by atoms with Crippen LogP contribution in [0.3, 0.4) is 0 Å². The lowest BCUT2D eigenvalue weighted by atomic mass is 9.83. The first kappa shape index (κ1) is 34.0. The van der Waals surface area contributed by atoms with Gasteiger partial charge in [-0.05, 0) is 81.0 Å². The maximum atomic E-state index is 13.7. The zero-order valence-electron chi connectivity index (χ0n) is 25.6. The summed E-state index contributed by atoms with van der Waals surface area (Å²) in [5, 5.41) is 15.3. The summed E-state index contributed by atoms with van der Waals surface area (Å²) in [6.07, 6.45) is 4.03. The van der Waals surface area contributed by atoms with Crippen molar-refractivity contribution >= 4 is 33.3 Å². The molecule has 252 valence electrons. The van der Waals surface area contributed by atoms with Crippen molar-refractivity contribution in [1.29, 1.82) is 5.26 Å². The van der Waals surface area contributed by atoms with E-state index < -0.39 is 44.0 Å². The maximum absolute atomic E-state index is 13.7. The molecule has 47 heavy (non-hydrogen) atoms. The number of hydrogen-bond donors (Lipinski definition) is 2. The lowest BCUT2D eigenvalue weighted by molar-refractivity contribution is -0.147. The van der Waals surface area contributed by atoms with Crippen LogP contribution in [0.1, 0.15) is 60.9 Å². The van der Waals surface area contributed by atoms with Crippen molar-refractivity contribution in [3.05, 3.63) is 47.5 Å². The number of nitrogens with zero attached hydrogens (tertiary/aromatic N) is 1. The number of ether oxygens (including phenoxy) is 3. The van der Waals surface area contributed by atoms with Gasteiger partial charge < -0.3 is 24.8 Å². The molecule has 0 spiro atoms. The number of hydrogen-bond acceptors (Lipinski definition) is 9. The SMILES string of the molecule is COC(=O)C1CCC(Oc2cc(C(=O)NC3C4CCC(C4)C3C(=O)Nc3cccc(S(=O)(=O)C(F)(F)F)c3)c(OC)cc2C#N)CC1. The number of carbonyl (C=O) groups excluding carboxylic acids is 3. The lowest BCUT2D eigenvalue weighted by Gasteiger charge is -2.31. The van der Waals surface area contributed by atoms with Crippen LogP contribution in [0.15, 0.2) is 41.3 Å². The molecular formula is C32H34F3N3O8S. The minimum absolute atomic E-state index is 0.0401. The first-order chi connectivity index (χ1) is 22.3. The fourth-order valence-corrected chi connectivity index (χ4v) is 7.87. The maximum Gasteiger partial charge on any atom is 0.501 e. The number of alkyl halides is 3. The third kappa shape index (κ3) is 6.88. The number of rotatable bonds is 9. The van der Waals surface area contributed by atoms with Crippen molar-refractivity contribution in [3.8, 4) is 17.6 Å². The molecule has 5 rings (SSSR count). The van der Waals surface area contributed by atoms with E-state index in [2.05, 4.69) is 16.7 Å². The molecule has 2 aromatic rings. The fourth-order valence-electron chi connectivity index (χ4n) is 7.06. The van der Waals surface area contributed by atoms with Crippen molar-refractivity contribution in [2.75, 3.05) is 19.5 Å². The van der Waals surface area contributed by atoms with Gasteiger partial charge in [0.15, 0.2) is 0 Å². The molecule has 11 nitrogen and oxygen atoms in total. The Morgan fingerprint density at radius 1 is 0.957 bits per heavy atom. The van der Waals surface area contributed by atoms with Gasteiger partial charge in [0.1, 0.15) is 17.6 Å². The highest BCUT2D eigenvalue weighted by molar-refractivity contribution is 7.92. The van der Waals surface area contributed by atoms with Crippen molar-refractivity contribution in [2.45, 2.75) is 67.5 Å². The molecule has 0 heterocycles. The summed E-state index contributed by atoms with van der Waals surface area (Å²) in [4.78, 5) is 38.2. The summed E-state index contributed by atoms with van der Waals surface area (Å²) in [5.74, 6) is -2.21. The molecule has 2 N–H and O–H groups in total. The number of methoxy groups -OCH3 is 2. The van der Waals surface area contributed by atoms with E-state index in [0.717, 1.165) is 24.6 Å². The average molecular weight is 678 g/mol. The number of anilines is 1. The number of benzene rings is 2. The van der Waals surface area contributed by atoms with Crippen LogP contribution in [0.2, 0.25) is 0 Å². The second-order valence-electron chi connectivity index (χ2n) is 12.1. The van der Waals surface area contributed by atoms with E-state index in [0.29, 0.717) is 38.5 Å². The second-order valence-corrected chi connectivity index (χ2v) is 14.0. The van der Waals surface area contributed by atoms with E-state index in [9.17, 15) is 41.2 Å². The number of sulfone groups is 1. The largest absolute Gasteiger partial charge is 0.501 e. The van der Waals surface area contributed by atoms with Gasteiger partial charge in [0.2, 0.25) is 5.91 Å². The summed E-state index contributed by atoms with van der Waals surface area (Å²) in [6, 6.07) is 8.22. The Hall–Kier alpha value is -4.32. The van der Waals surface area contributed by atoms with Gasteiger partial charge in [-0.3, -0.25) is 14.4 Å². The lowest BCUT2D eigenvalue weighted by Crippen LogP contribution is -2.48. The Morgan fingerprint density at radius 2 is 1.66 bits per heavy atom. The van der Waals surface area contributed by atoms with Crippen LogP contribution in [0, 0.1) is 35.0 Å². The van der Waals surface area contributed by atoms with Gasteiger partial charge in [0.25, 0.3) is 15.7 Å². The predicted molar refractivity (Wildman–Crippen MR) is 160 cm³/mol. The molecule has 3 aliphatic rings. The summed E-state index contributed by atoms with van der Waals surface area (Å²) < 4.78 is 79.5. The van der Waals surface area contributed by atoms with Crippen LogP contribution in [-0.4, -0.2) is 58.1 Å². The fraction of sp³-hybridized carbons (Fsp3) is 0.500. The molecule has 4 unspecified atom stereocenters. The van der Waals surface area contributed by atoms with E-state index in [1.165, 1.54) is 32.4 Å². The van der Waals surface area contributed by atoms with Gasteiger partial charge >= 0.3 is 11.5 Å². The standard InChI is InChI=1S/C32H34F3N3O8S/c1-44-26-13-20(16-36)25(46-22-10-8-17(9-11-22)31(41)45-2)15-24(26)29(39)38-28-19-7-6-18(12-19)27(28)30(40)37-21-4-3-5-23(14-21)47(42,43)32(33,34)35/h3-5,13-15,17-19,22,27-28H,6-12H2,1-2H3,(H,37,40)(H,38,39). The molecule has 2 amide bonds. The number of esters is 1. The van der Waals surface area contributed by atoms with Crippen molar-refractivity contribution < 1.29 is 50.2 Å². The quantitative estimate of drug-likeness (QED) is 0.357. The minimum Gasteiger partial charge on any atom is -0.496 e. The predicted octanol–water partition coefficient (Wildman–Crippen LogP) is 4.75. The van der Waals surface area contributed by atoms with E-state index in [1.807, 2.05) is 0 Å². The van der Waals surface area contributed by atoms with E-state index in [4.69, 9.17) is 14.2 Å². The second kappa shape index (κ2) is 13.4. The zero-order chi connectivity index (χ0) is 34.1. The summed E-state index contributed by atoms with van der Waals surface area (Å²) in [5.41, 5.74) is -5.39. The molecular weight excluding hydrogens is 643 g/mol. The number of nitriles is 1. The Bertz CT molecular complexity index is 1700. The normalized spacial score (nSPS) is 25.4. The molecule has 0 radical (unpaired) electrons. The molecule has 2 bridgehead atoms. The minimum atomic E-state index is -5.62. The van der Waals surface area contributed by atoms with Crippen LogP contribution < -0.4 is 20.1 Å². The smallest absolute Gasteiger partial charge is 0.496 e. The van der Waals surface area contributed by atoms with Crippen LogP contribution in [0.25, 0.3) is 0 Å². The number of fused-ring (bicyclic) bond motifs is 2. The number of carbonyl (C=O) groups is 3. The Labute approximate surface area is 269 Å². The van der Waals surface area contributed by atoms with Crippen LogP contribution in [0.5, 0.6) is 11.5 Å². The molecule has 4 atom stereocenters. The average Bonchev–Trinajstić information content (AvgIpc) is 3.66. The highest BCUT2D eigenvalue weighted by Gasteiger charge is 2.52. The summed E-state index contributed by atoms with van der Waals surface area (Å²) in [6.45, 7) is 0. The number of nitrogens with one attached hydrogen (secondary N) is 2. The van der Waals surface area contributed by atoms with Crippen molar-refractivity contribution in [2.24, 2.45) is 23.7 Å². The molecule has 2 aromatic carbocycles. The Morgan fingerprint density at radius 3 is 2.30 bits per heavy atom. The topological polar surface area (TPSA) is 161 Å². The first-order valence-electron chi connectivity index (χ1n) is 15.2. The molecule has 0 aliphatic heterocycles. The Balaban J connectivity index is 1.33. The monoisotopic (exact) mass is 677 g/mol. The van der Waals surface area contributed by atoms with Crippen LogP contribution >= 0.6 is 0 Å². The van der Waals surface area contributed by atoms with E-state index >= 15 is 0 Å². The van der Waals surface area contributed by atoms with Crippen molar-refractivity contribution in [3.63, 3.8) is 0 Å². The summed E-state index contributed by atoms with van der Waals surface area (Å²) in [7, 11) is -2.93. The molecule has 0 saturated heterocycles. The third-order valence-electron chi connectivity index (χ3n) is 9.40. The highest BCUT2D eigenvalue weighted by atomic mass is 32.2. The molecule has 3 fully saturated rings. The molecule has 0 aromatic heterocycles. The first-order valence-corrected chi connectivity index (χ1v) is 16.7. The molecule has 3 saturated carbocycles. The van der Waals surface area contributed by atoms with E-state index in [-0.39, 0.29) is 58.1 Å². The van der Waals surface area contributed by atoms with Gasteiger partial charge in [-0.15, -0.1) is 0 Å². The van der Waals surface area contributed by atoms with E-state index in [1.54, 1.807) is 0 Å². The molecule has 3 aliphatic carbocycles. The Kier molecular flexibility index (Phi) is 9.72. The van der Waals surface area contributed by atoms with Crippen molar-refractivity contribution in [1.82, 2.24) is 5.32 Å². The van der Waals surface area contributed by atoms with Gasteiger partial charge in [-0.2, -0.15) is 18.4 Å². The number of halogens is 3. The summed E-state index contributed by atoms with van der Waals surface area (Å²) >= 11 is 0. The van der Waals surface area contributed by atoms with Crippen LogP contribution in [0.4, 0.5) is 18.9 Å². The van der Waals surface area contributed by atoms with Gasteiger partial charge in [-0.25, -0.2) is 8.42 Å². The third-order valence-corrected chi connectivity index (χ3v) is 10.9. The van der Waals surface area contributed by atoms with Gasteiger partial charge in [-0.1, -0.05) is 6.07 Å². The highest BCUT2D eigenvalue weighted by Crippen LogP contribution is 2.49.